The summed E-state index contributed by atoms with van der Waals surface area (Å²) in [4.78, 5) is 24.5. The Kier molecular flexibility index (Phi) is 5.14. The fraction of sp³-hybridized carbons (Fsp3) is 0.389. The molecule has 0 saturated carbocycles. The Bertz CT molecular complexity index is 778. The van der Waals surface area contributed by atoms with E-state index in [4.69, 9.17) is 9.26 Å². The first-order valence-electron chi connectivity index (χ1n) is 8.37. The third-order valence-electron chi connectivity index (χ3n) is 4.20. The minimum Gasteiger partial charge on any atom is -0.368 e. The molecular weight excluding hydrogens is 322 g/mol. The highest BCUT2D eigenvalue weighted by atomic mass is 16.5. The smallest absolute Gasteiger partial charge is 0.258 e. The second-order valence-corrected chi connectivity index (χ2v) is 5.96. The standard InChI is InChI=1S/C18H21N3O4/c1-3-14-11(2)18(25-21-14)20-16(22)12-6-4-7-13(10-12)19-17(23)15-8-5-9-24-15/h4,6-7,10,15H,3,5,8-9H2,1-2H3,(H,19,23)(H,20,22). The zero-order chi connectivity index (χ0) is 17.8. The normalized spacial score (nSPS) is 16.6. The van der Waals surface area contributed by atoms with Crippen LogP contribution in [-0.2, 0) is 16.0 Å². The van der Waals surface area contributed by atoms with Crippen LogP contribution in [0.15, 0.2) is 28.8 Å². The molecule has 1 aromatic heterocycles. The molecule has 2 heterocycles. The lowest BCUT2D eigenvalue weighted by molar-refractivity contribution is -0.124. The van der Waals surface area contributed by atoms with E-state index in [0.717, 1.165) is 30.5 Å². The Labute approximate surface area is 145 Å². The van der Waals surface area contributed by atoms with Gasteiger partial charge >= 0.3 is 0 Å². The molecule has 0 spiro atoms. The molecule has 1 unspecified atom stereocenters. The minimum atomic E-state index is -0.415. The van der Waals surface area contributed by atoms with Gasteiger partial charge in [-0.25, -0.2) is 0 Å². The molecule has 0 bridgehead atoms. The number of nitrogens with zero attached hydrogens (tertiary/aromatic N) is 1. The second kappa shape index (κ2) is 7.48. The number of hydrogen-bond acceptors (Lipinski definition) is 5. The summed E-state index contributed by atoms with van der Waals surface area (Å²) in [6, 6.07) is 6.74. The van der Waals surface area contributed by atoms with Crippen LogP contribution < -0.4 is 10.6 Å². The monoisotopic (exact) mass is 343 g/mol. The van der Waals surface area contributed by atoms with E-state index in [2.05, 4.69) is 15.8 Å². The topological polar surface area (TPSA) is 93.5 Å². The fourth-order valence-electron chi connectivity index (χ4n) is 2.74. The van der Waals surface area contributed by atoms with Gasteiger partial charge in [0.25, 0.3) is 11.8 Å². The molecule has 2 aromatic rings. The summed E-state index contributed by atoms with van der Waals surface area (Å²) in [5, 5.41) is 9.42. The van der Waals surface area contributed by atoms with Crippen molar-refractivity contribution in [3.63, 3.8) is 0 Å². The molecule has 25 heavy (non-hydrogen) atoms. The number of nitrogens with one attached hydrogen (secondary N) is 2. The number of aryl methyl sites for hydroxylation is 1. The summed E-state index contributed by atoms with van der Waals surface area (Å²) in [5.74, 6) is -0.167. The van der Waals surface area contributed by atoms with Crippen molar-refractivity contribution >= 4 is 23.4 Å². The van der Waals surface area contributed by atoms with E-state index in [1.165, 1.54) is 0 Å². The van der Waals surface area contributed by atoms with E-state index >= 15 is 0 Å². The molecule has 2 N–H and O–H groups in total. The van der Waals surface area contributed by atoms with Crippen LogP contribution in [-0.4, -0.2) is 29.7 Å². The van der Waals surface area contributed by atoms with Crippen LogP contribution >= 0.6 is 0 Å². The highest BCUT2D eigenvalue weighted by molar-refractivity contribution is 6.05. The molecule has 1 aliphatic rings. The lowest BCUT2D eigenvalue weighted by atomic mass is 10.1. The first kappa shape index (κ1) is 17.2. The summed E-state index contributed by atoms with van der Waals surface area (Å²) in [5.41, 5.74) is 2.60. The van der Waals surface area contributed by atoms with Gasteiger partial charge in [-0.15, -0.1) is 0 Å². The summed E-state index contributed by atoms with van der Waals surface area (Å²) >= 11 is 0. The fourth-order valence-corrected chi connectivity index (χ4v) is 2.74. The van der Waals surface area contributed by atoms with Gasteiger partial charge in [0, 0.05) is 23.4 Å². The SMILES string of the molecule is CCc1noc(NC(=O)c2cccc(NC(=O)C3CCCO3)c2)c1C. The van der Waals surface area contributed by atoms with Gasteiger partial charge in [-0.2, -0.15) is 0 Å². The van der Waals surface area contributed by atoms with Gasteiger partial charge in [-0.05, 0) is 44.4 Å². The Balaban J connectivity index is 1.68. The molecule has 0 radical (unpaired) electrons. The van der Waals surface area contributed by atoms with Gasteiger partial charge in [0.15, 0.2) is 0 Å². The molecule has 1 fully saturated rings. The maximum atomic E-state index is 12.4. The molecule has 2 amide bonds. The van der Waals surface area contributed by atoms with Crippen molar-refractivity contribution in [1.29, 1.82) is 0 Å². The highest BCUT2D eigenvalue weighted by Gasteiger charge is 2.23. The van der Waals surface area contributed by atoms with Crippen molar-refractivity contribution in [2.45, 2.75) is 39.2 Å². The quantitative estimate of drug-likeness (QED) is 0.870. The van der Waals surface area contributed by atoms with Gasteiger partial charge in [0.1, 0.15) is 6.10 Å². The van der Waals surface area contributed by atoms with Gasteiger partial charge in [-0.3, -0.25) is 14.9 Å². The number of hydrogen-bond donors (Lipinski definition) is 2. The van der Waals surface area contributed by atoms with Crippen LogP contribution in [0.5, 0.6) is 0 Å². The van der Waals surface area contributed by atoms with Gasteiger partial charge in [0.05, 0.1) is 5.69 Å². The maximum Gasteiger partial charge on any atom is 0.258 e. The average Bonchev–Trinajstić information content (AvgIpc) is 3.26. The van der Waals surface area contributed by atoms with Crippen LogP contribution in [0.2, 0.25) is 0 Å². The number of aromatic nitrogens is 1. The summed E-state index contributed by atoms with van der Waals surface area (Å²) in [6.45, 7) is 4.43. The third kappa shape index (κ3) is 3.88. The number of carbonyl (C=O) groups is 2. The predicted octanol–water partition coefficient (Wildman–Crippen LogP) is 2.92. The van der Waals surface area contributed by atoms with Crippen molar-refractivity contribution in [1.82, 2.24) is 5.16 Å². The number of rotatable bonds is 5. The van der Waals surface area contributed by atoms with Crippen molar-refractivity contribution < 1.29 is 18.8 Å². The van der Waals surface area contributed by atoms with Crippen molar-refractivity contribution in [3.05, 3.63) is 41.1 Å². The van der Waals surface area contributed by atoms with E-state index in [1.54, 1.807) is 24.3 Å². The summed E-state index contributed by atoms with van der Waals surface area (Å²) in [7, 11) is 0. The highest BCUT2D eigenvalue weighted by Crippen LogP contribution is 2.21. The van der Waals surface area contributed by atoms with Crippen LogP contribution in [0.3, 0.4) is 0 Å². The van der Waals surface area contributed by atoms with Crippen molar-refractivity contribution in [2.75, 3.05) is 17.2 Å². The number of ether oxygens (including phenoxy) is 1. The predicted molar refractivity (Wildman–Crippen MR) is 92.6 cm³/mol. The molecule has 1 aliphatic heterocycles. The molecule has 0 aliphatic carbocycles. The van der Waals surface area contributed by atoms with Crippen LogP contribution in [0.25, 0.3) is 0 Å². The Morgan fingerprint density at radius 3 is 2.84 bits per heavy atom. The van der Waals surface area contributed by atoms with Crippen LogP contribution in [0.1, 0.15) is 41.4 Å². The van der Waals surface area contributed by atoms with E-state index in [1.807, 2.05) is 13.8 Å². The number of amides is 2. The first-order valence-corrected chi connectivity index (χ1v) is 8.37. The Morgan fingerprint density at radius 1 is 1.32 bits per heavy atom. The molecule has 3 rings (SSSR count). The largest absolute Gasteiger partial charge is 0.368 e. The Hall–Kier alpha value is -2.67. The summed E-state index contributed by atoms with van der Waals surface area (Å²) < 4.78 is 10.5. The lowest BCUT2D eigenvalue weighted by Crippen LogP contribution is -2.27. The molecule has 1 atom stereocenters. The van der Waals surface area contributed by atoms with Crippen LogP contribution in [0, 0.1) is 6.92 Å². The second-order valence-electron chi connectivity index (χ2n) is 5.96. The molecule has 7 heteroatoms. The lowest BCUT2D eigenvalue weighted by Gasteiger charge is -2.11. The van der Waals surface area contributed by atoms with Gasteiger partial charge < -0.3 is 14.6 Å². The van der Waals surface area contributed by atoms with E-state index in [0.29, 0.717) is 23.7 Å². The number of carbonyl (C=O) groups excluding carboxylic acids is 2. The van der Waals surface area contributed by atoms with E-state index in [9.17, 15) is 9.59 Å². The van der Waals surface area contributed by atoms with Gasteiger partial charge in [-0.1, -0.05) is 18.1 Å². The molecular formula is C18H21N3O4. The number of benzene rings is 1. The van der Waals surface area contributed by atoms with Crippen LogP contribution in [0.4, 0.5) is 11.6 Å². The average molecular weight is 343 g/mol. The van der Waals surface area contributed by atoms with Crippen molar-refractivity contribution in [2.24, 2.45) is 0 Å². The van der Waals surface area contributed by atoms with Crippen molar-refractivity contribution in [3.8, 4) is 0 Å². The Morgan fingerprint density at radius 2 is 2.16 bits per heavy atom. The molecule has 1 saturated heterocycles. The minimum absolute atomic E-state index is 0.186. The third-order valence-corrected chi connectivity index (χ3v) is 4.20. The van der Waals surface area contributed by atoms with Gasteiger partial charge in [0.2, 0.25) is 5.88 Å². The van der Waals surface area contributed by atoms with E-state index < -0.39 is 6.10 Å². The molecule has 132 valence electrons. The molecule has 7 nitrogen and oxygen atoms in total. The summed E-state index contributed by atoms with van der Waals surface area (Å²) in [6.07, 6.45) is 1.92. The first-order chi connectivity index (χ1) is 12.1. The zero-order valence-electron chi connectivity index (χ0n) is 14.3. The maximum absolute atomic E-state index is 12.4. The van der Waals surface area contributed by atoms with E-state index in [-0.39, 0.29) is 11.8 Å². The number of anilines is 2. The zero-order valence-corrected chi connectivity index (χ0v) is 14.3. The molecule has 1 aromatic carbocycles.